The molecule has 1 amide bonds. The van der Waals surface area contributed by atoms with Crippen molar-refractivity contribution in [3.05, 3.63) is 86.4 Å². The number of nitrogens with zero attached hydrogens (tertiary/aromatic N) is 5. The molecule has 0 bridgehead atoms. The number of hydrogen-bond acceptors (Lipinski definition) is 5. The summed E-state index contributed by atoms with van der Waals surface area (Å²) in [5.41, 5.74) is 3.91. The zero-order valence-electron chi connectivity index (χ0n) is 17.5. The smallest absolute Gasteiger partial charge is 0.333 e. The Labute approximate surface area is 188 Å². The van der Waals surface area contributed by atoms with E-state index < -0.39 is 0 Å². The Bertz CT molecular complexity index is 1360. The fraction of sp³-hybridized carbons (Fsp3) is 0.273. The molecule has 1 aromatic carbocycles. The molecule has 164 valence electrons. The zero-order valence-corrected chi connectivity index (χ0v) is 18.3. The van der Waals surface area contributed by atoms with Gasteiger partial charge in [-0.2, -0.15) is 5.10 Å². The molecule has 1 aliphatic heterocycles. The van der Waals surface area contributed by atoms with Gasteiger partial charge in [0.15, 0.2) is 5.69 Å². The molecule has 0 atom stereocenters. The lowest BCUT2D eigenvalue weighted by Crippen LogP contribution is -2.37. The Morgan fingerprint density at radius 2 is 2.00 bits per heavy atom. The molecule has 0 saturated heterocycles. The van der Waals surface area contributed by atoms with E-state index in [9.17, 15) is 9.59 Å². The summed E-state index contributed by atoms with van der Waals surface area (Å²) in [4.78, 5) is 36.0. The number of nitrogens with one attached hydrogen (secondary N) is 2. The standard InChI is InChI=1S/C22H22ClN7O2/c1-28(13-18-24-22(32)27-26-18)12-17-20(25-19-7-6-16(23)11-30(17)19)21(31)29-9-8-14-4-2-3-5-15(14)10-29/h2-7,11H,8-10,12-13H2,1H3,(H2,24,26,27,32). The maximum atomic E-state index is 13.6. The molecule has 0 saturated carbocycles. The lowest BCUT2D eigenvalue weighted by Gasteiger charge is -2.28. The molecule has 0 spiro atoms. The van der Waals surface area contributed by atoms with Crippen LogP contribution in [0.25, 0.3) is 5.65 Å². The molecule has 10 heteroatoms. The summed E-state index contributed by atoms with van der Waals surface area (Å²) < 4.78 is 1.86. The number of carbonyl (C=O) groups is 1. The van der Waals surface area contributed by atoms with Gasteiger partial charge in [0.05, 0.1) is 17.3 Å². The predicted octanol–water partition coefficient (Wildman–Crippen LogP) is 2.23. The molecule has 9 nitrogen and oxygen atoms in total. The van der Waals surface area contributed by atoms with Gasteiger partial charge < -0.3 is 9.30 Å². The number of carbonyl (C=O) groups excluding carboxylic acids is 1. The molecule has 0 aliphatic carbocycles. The molecule has 0 fully saturated rings. The van der Waals surface area contributed by atoms with Crippen molar-refractivity contribution >= 4 is 23.2 Å². The molecular weight excluding hydrogens is 430 g/mol. The molecule has 4 heterocycles. The molecule has 3 aromatic heterocycles. The number of benzene rings is 1. The highest BCUT2D eigenvalue weighted by Gasteiger charge is 2.27. The topological polar surface area (TPSA) is 102 Å². The van der Waals surface area contributed by atoms with Gasteiger partial charge in [0.25, 0.3) is 5.91 Å². The average molecular weight is 452 g/mol. The lowest BCUT2D eigenvalue weighted by molar-refractivity contribution is 0.0727. The minimum atomic E-state index is -0.351. The van der Waals surface area contributed by atoms with Crippen LogP contribution in [0.15, 0.2) is 47.4 Å². The monoisotopic (exact) mass is 451 g/mol. The maximum absolute atomic E-state index is 13.6. The van der Waals surface area contributed by atoms with Gasteiger partial charge in [-0.05, 0) is 36.7 Å². The minimum absolute atomic E-state index is 0.101. The first kappa shape index (κ1) is 20.5. The van der Waals surface area contributed by atoms with E-state index in [0.29, 0.717) is 48.4 Å². The van der Waals surface area contributed by atoms with Crippen LogP contribution in [0.4, 0.5) is 0 Å². The zero-order chi connectivity index (χ0) is 22.2. The minimum Gasteiger partial charge on any atom is -0.333 e. The van der Waals surface area contributed by atoms with Crippen molar-refractivity contribution in [3.63, 3.8) is 0 Å². The van der Waals surface area contributed by atoms with Crippen LogP contribution in [-0.2, 0) is 26.1 Å². The van der Waals surface area contributed by atoms with Crippen molar-refractivity contribution in [1.82, 2.24) is 34.4 Å². The van der Waals surface area contributed by atoms with Crippen molar-refractivity contribution < 1.29 is 4.79 Å². The van der Waals surface area contributed by atoms with Gasteiger partial charge >= 0.3 is 5.69 Å². The summed E-state index contributed by atoms with van der Waals surface area (Å²) in [6.07, 6.45) is 2.59. The first-order chi connectivity index (χ1) is 15.5. The first-order valence-corrected chi connectivity index (χ1v) is 10.7. The molecular formula is C22H22ClN7O2. The largest absolute Gasteiger partial charge is 0.340 e. The number of aromatic amines is 2. The van der Waals surface area contributed by atoms with Crippen molar-refractivity contribution in [3.8, 4) is 0 Å². The highest BCUT2D eigenvalue weighted by atomic mass is 35.5. The number of hydrogen-bond donors (Lipinski definition) is 2. The molecule has 0 unspecified atom stereocenters. The maximum Gasteiger partial charge on any atom is 0.340 e. The third-order valence-electron chi connectivity index (χ3n) is 5.69. The van der Waals surface area contributed by atoms with Crippen LogP contribution in [0, 0.1) is 0 Å². The normalized spacial score (nSPS) is 13.7. The number of aromatic nitrogens is 5. The number of pyridine rings is 1. The molecule has 2 N–H and O–H groups in total. The predicted molar refractivity (Wildman–Crippen MR) is 119 cm³/mol. The van der Waals surface area contributed by atoms with E-state index in [1.54, 1.807) is 18.3 Å². The van der Waals surface area contributed by atoms with E-state index in [2.05, 4.69) is 32.3 Å². The summed E-state index contributed by atoms with van der Waals surface area (Å²) in [5, 5.41) is 6.88. The van der Waals surface area contributed by atoms with E-state index in [4.69, 9.17) is 11.6 Å². The van der Waals surface area contributed by atoms with Crippen LogP contribution in [0.3, 0.4) is 0 Å². The van der Waals surface area contributed by atoms with E-state index in [-0.39, 0.29) is 11.6 Å². The van der Waals surface area contributed by atoms with Gasteiger partial charge in [0, 0.05) is 25.8 Å². The number of imidazole rings is 1. The summed E-state index contributed by atoms with van der Waals surface area (Å²) in [7, 11) is 1.89. The third kappa shape index (κ3) is 3.92. The van der Waals surface area contributed by atoms with Crippen LogP contribution in [-0.4, -0.2) is 53.9 Å². The quantitative estimate of drug-likeness (QED) is 0.484. The Morgan fingerprint density at radius 3 is 2.78 bits per heavy atom. The van der Waals surface area contributed by atoms with Crippen LogP contribution in [0.1, 0.15) is 33.1 Å². The SMILES string of the molecule is CN(Cc1n[nH]c(=O)[nH]1)Cc1c(C(=O)N2CCc3ccccc3C2)nc2ccc(Cl)cn12. The molecule has 1 aliphatic rings. The number of H-pyrrole nitrogens is 2. The number of fused-ring (bicyclic) bond motifs is 2. The van der Waals surface area contributed by atoms with E-state index in [0.717, 1.165) is 12.1 Å². The van der Waals surface area contributed by atoms with Crippen LogP contribution >= 0.6 is 11.6 Å². The van der Waals surface area contributed by atoms with E-state index in [1.165, 1.54) is 11.1 Å². The van der Waals surface area contributed by atoms with Gasteiger partial charge in [0.2, 0.25) is 0 Å². The second-order valence-electron chi connectivity index (χ2n) is 8.02. The fourth-order valence-electron chi connectivity index (χ4n) is 4.16. The third-order valence-corrected chi connectivity index (χ3v) is 5.91. The van der Waals surface area contributed by atoms with Crippen LogP contribution in [0.2, 0.25) is 5.02 Å². The van der Waals surface area contributed by atoms with Crippen molar-refractivity contribution in [2.75, 3.05) is 13.6 Å². The van der Waals surface area contributed by atoms with E-state index >= 15 is 0 Å². The fourth-order valence-corrected chi connectivity index (χ4v) is 4.32. The first-order valence-electron chi connectivity index (χ1n) is 10.3. The Morgan fingerprint density at radius 1 is 1.19 bits per heavy atom. The Kier molecular flexibility index (Phi) is 5.28. The highest BCUT2D eigenvalue weighted by molar-refractivity contribution is 6.30. The Hall–Kier alpha value is -3.43. The number of amides is 1. The summed E-state index contributed by atoms with van der Waals surface area (Å²) in [6.45, 7) is 2.03. The Balaban J connectivity index is 1.47. The highest BCUT2D eigenvalue weighted by Crippen LogP contribution is 2.24. The van der Waals surface area contributed by atoms with E-state index in [1.807, 2.05) is 33.4 Å². The second-order valence-corrected chi connectivity index (χ2v) is 8.46. The lowest BCUT2D eigenvalue weighted by atomic mass is 9.99. The number of rotatable bonds is 5. The summed E-state index contributed by atoms with van der Waals surface area (Å²) in [6, 6.07) is 11.8. The van der Waals surface area contributed by atoms with Gasteiger partial charge in [-0.15, -0.1) is 0 Å². The van der Waals surface area contributed by atoms with Gasteiger partial charge in [-0.1, -0.05) is 35.9 Å². The molecule has 5 rings (SSSR count). The van der Waals surface area contributed by atoms with Gasteiger partial charge in [0.1, 0.15) is 11.5 Å². The molecule has 0 radical (unpaired) electrons. The molecule has 4 aromatic rings. The second kappa shape index (κ2) is 8.25. The summed E-state index contributed by atoms with van der Waals surface area (Å²) in [5.74, 6) is 0.417. The summed E-state index contributed by atoms with van der Waals surface area (Å²) >= 11 is 6.24. The van der Waals surface area contributed by atoms with Crippen molar-refractivity contribution in [2.24, 2.45) is 0 Å². The van der Waals surface area contributed by atoms with Crippen LogP contribution in [0.5, 0.6) is 0 Å². The van der Waals surface area contributed by atoms with Crippen molar-refractivity contribution in [2.45, 2.75) is 26.1 Å². The molecule has 32 heavy (non-hydrogen) atoms. The van der Waals surface area contributed by atoms with Gasteiger partial charge in [-0.25, -0.2) is 14.9 Å². The van der Waals surface area contributed by atoms with Crippen LogP contribution < -0.4 is 5.69 Å². The van der Waals surface area contributed by atoms with Crippen molar-refractivity contribution in [1.29, 1.82) is 0 Å². The van der Waals surface area contributed by atoms with Gasteiger partial charge in [-0.3, -0.25) is 14.7 Å². The number of halogens is 1. The average Bonchev–Trinajstić information content (AvgIpc) is 3.35.